The van der Waals surface area contributed by atoms with Gasteiger partial charge in [0.1, 0.15) is 5.69 Å². The summed E-state index contributed by atoms with van der Waals surface area (Å²) in [6, 6.07) is 1.89. The molecule has 7 nitrogen and oxygen atoms in total. The third-order valence-corrected chi connectivity index (χ3v) is 6.24. The number of rotatable bonds is 3. The summed E-state index contributed by atoms with van der Waals surface area (Å²) in [7, 11) is 0. The van der Waals surface area contributed by atoms with Crippen molar-refractivity contribution >= 4 is 11.8 Å². The van der Waals surface area contributed by atoms with Gasteiger partial charge >= 0.3 is 0 Å². The topological polar surface area (TPSA) is 78.5 Å². The van der Waals surface area contributed by atoms with Crippen molar-refractivity contribution in [2.75, 3.05) is 39.4 Å². The molecule has 3 fully saturated rings. The Morgan fingerprint density at radius 3 is 2.56 bits per heavy atom. The van der Waals surface area contributed by atoms with Crippen LogP contribution >= 0.6 is 0 Å². The molecule has 3 aliphatic rings. The van der Waals surface area contributed by atoms with Crippen LogP contribution in [0, 0.1) is 5.92 Å². The number of amides is 2. The maximum absolute atomic E-state index is 12.9. The molecule has 27 heavy (non-hydrogen) atoms. The van der Waals surface area contributed by atoms with Crippen LogP contribution in [0.25, 0.3) is 0 Å². The van der Waals surface area contributed by atoms with Crippen LogP contribution in [0.15, 0.2) is 6.07 Å². The van der Waals surface area contributed by atoms with Gasteiger partial charge in [-0.25, -0.2) is 0 Å². The molecule has 0 bridgehead atoms. The summed E-state index contributed by atoms with van der Waals surface area (Å²) in [5.41, 5.74) is 1.45. The minimum atomic E-state index is -0.0354. The zero-order chi connectivity index (χ0) is 18.6. The van der Waals surface area contributed by atoms with E-state index in [0.717, 1.165) is 44.5 Å². The Labute approximate surface area is 160 Å². The zero-order valence-electron chi connectivity index (χ0n) is 16.0. The molecular formula is C20H30N4O3. The van der Waals surface area contributed by atoms with E-state index in [1.54, 1.807) is 4.90 Å². The van der Waals surface area contributed by atoms with Gasteiger partial charge in [-0.2, -0.15) is 5.10 Å². The molecule has 0 radical (unpaired) electrons. The third-order valence-electron chi connectivity index (χ3n) is 6.24. The first-order chi connectivity index (χ1) is 13.2. The van der Waals surface area contributed by atoms with Crippen molar-refractivity contribution in [3.05, 3.63) is 17.5 Å². The number of hydrogen-bond acceptors (Lipinski definition) is 4. The number of piperidine rings is 1. The lowest BCUT2D eigenvalue weighted by Gasteiger charge is -2.35. The predicted octanol–water partition coefficient (Wildman–Crippen LogP) is 2.17. The van der Waals surface area contributed by atoms with Gasteiger partial charge in [0.2, 0.25) is 5.91 Å². The number of morpholine rings is 1. The molecular weight excluding hydrogens is 344 g/mol. The highest BCUT2D eigenvalue weighted by Crippen LogP contribution is 2.30. The number of ether oxygens (including phenoxy) is 1. The van der Waals surface area contributed by atoms with E-state index in [4.69, 9.17) is 4.74 Å². The molecule has 2 amide bonds. The zero-order valence-corrected chi connectivity index (χ0v) is 16.0. The van der Waals surface area contributed by atoms with Gasteiger partial charge in [-0.3, -0.25) is 14.7 Å². The Morgan fingerprint density at radius 1 is 1.00 bits per heavy atom. The van der Waals surface area contributed by atoms with Gasteiger partial charge in [-0.1, -0.05) is 19.3 Å². The molecule has 1 unspecified atom stereocenters. The number of hydrogen-bond donors (Lipinski definition) is 1. The van der Waals surface area contributed by atoms with Crippen molar-refractivity contribution in [1.82, 2.24) is 20.0 Å². The monoisotopic (exact) mass is 374 g/mol. The second-order valence-corrected chi connectivity index (χ2v) is 8.07. The Morgan fingerprint density at radius 2 is 1.78 bits per heavy atom. The van der Waals surface area contributed by atoms with E-state index in [2.05, 4.69) is 15.1 Å². The Hall–Kier alpha value is -1.89. The summed E-state index contributed by atoms with van der Waals surface area (Å²) in [5, 5.41) is 7.33. The maximum Gasteiger partial charge on any atom is 0.274 e. The largest absolute Gasteiger partial charge is 0.378 e. The highest BCUT2D eigenvalue weighted by Gasteiger charge is 2.31. The standard InChI is InChI=1S/C20H30N4O3/c25-19(15-5-2-1-3-6-15)24-8-4-7-16(14-24)17-13-18(22-21-17)20(26)23-9-11-27-12-10-23/h13,15-16H,1-12,14H2,(H,21,22). The van der Waals surface area contributed by atoms with Crippen LogP contribution in [0.1, 0.15) is 67.0 Å². The molecule has 2 aliphatic heterocycles. The fourth-order valence-corrected chi connectivity index (χ4v) is 4.62. The molecule has 1 aliphatic carbocycles. The predicted molar refractivity (Wildman–Crippen MR) is 100 cm³/mol. The summed E-state index contributed by atoms with van der Waals surface area (Å²) in [4.78, 5) is 29.3. The van der Waals surface area contributed by atoms with Crippen molar-refractivity contribution < 1.29 is 14.3 Å². The van der Waals surface area contributed by atoms with Gasteiger partial charge in [-0.05, 0) is 31.7 Å². The average molecular weight is 374 g/mol. The molecule has 1 atom stereocenters. The molecule has 148 valence electrons. The smallest absolute Gasteiger partial charge is 0.274 e. The van der Waals surface area contributed by atoms with Crippen molar-refractivity contribution in [3.63, 3.8) is 0 Å². The fourth-order valence-electron chi connectivity index (χ4n) is 4.62. The number of nitrogens with zero attached hydrogens (tertiary/aromatic N) is 3. The highest BCUT2D eigenvalue weighted by atomic mass is 16.5. The van der Waals surface area contributed by atoms with E-state index in [0.29, 0.717) is 37.9 Å². The van der Waals surface area contributed by atoms with Crippen molar-refractivity contribution in [2.24, 2.45) is 5.92 Å². The normalized spacial score (nSPS) is 24.8. The molecule has 0 aromatic carbocycles. The van der Waals surface area contributed by atoms with Gasteiger partial charge in [0.05, 0.1) is 13.2 Å². The fraction of sp³-hybridized carbons (Fsp3) is 0.750. The van der Waals surface area contributed by atoms with E-state index in [9.17, 15) is 9.59 Å². The summed E-state index contributed by atoms with van der Waals surface area (Å²) in [6.45, 7) is 4.01. The minimum Gasteiger partial charge on any atom is -0.378 e. The van der Waals surface area contributed by atoms with Gasteiger partial charge < -0.3 is 14.5 Å². The van der Waals surface area contributed by atoms with Crippen LogP contribution < -0.4 is 0 Å². The molecule has 0 spiro atoms. The number of carbonyl (C=O) groups is 2. The number of nitrogens with one attached hydrogen (secondary N) is 1. The maximum atomic E-state index is 12.9. The molecule has 1 aromatic heterocycles. The third kappa shape index (κ3) is 4.18. The number of H-pyrrole nitrogens is 1. The van der Waals surface area contributed by atoms with Gasteiger partial charge in [0, 0.05) is 43.7 Å². The average Bonchev–Trinajstić information content (AvgIpc) is 3.24. The Kier molecular flexibility index (Phi) is 5.76. The Bertz CT molecular complexity index is 662. The first-order valence-electron chi connectivity index (χ1n) is 10.4. The van der Waals surface area contributed by atoms with E-state index in [-0.39, 0.29) is 17.7 Å². The van der Waals surface area contributed by atoms with Crippen LogP contribution in [0.2, 0.25) is 0 Å². The molecule has 1 N–H and O–H groups in total. The molecule has 2 saturated heterocycles. The lowest BCUT2D eigenvalue weighted by atomic mass is 9.87. The molecule has 1 saturated carbocycles. The molecule has 7 heteroatoms. The van der Waals surface area contributed by atoms with E-state index in [1.165, 1.54) is 19.3 Å². The van der Waals surface area contributed by atoms with Crippen LogP contribution in [0.4, 0.5) is 0 Å². The number of aromatic nitrogens is 2. The number of aromatic amines is 1. The van der Waals surface area contributed by atoms with Gasteiger partial charge in [0.25, 0.3) is 5.91 Å². The second-order valence-electron chi connectivity index (χ2n) is 8.07. The molecule has 3 heterocycles. The molecule has 4 rings (SSSR count). The van der Waals surface area contributed by atoms with Crippen LogP contribution in [-0.2, 0) is 9.53 Å². The number of carbonyl (C=O) groups excluding carboxylic acids is 2. The minimum absolute atomic E-state index is 0.0354. The van der Waals surface area contributed by atoms with Crippen LogP contribution in [0.3, 0.4) is 0 Å². The van der Waals surface area contributed by atoms with Gasteiger partial charge in [-0.15, -0.1) is 0 Å². The van der Waals surface area contributed by atoms with Crippen molar-refractivity contribution in [3.8, 4) is 0 Å². The lowest BCUT2D eigenvalue weighted by Crippen LogP contribution is -2.42. The van der Waals surface area contributed by atoms with E-state index >= 15 is 0 Å². The Balaban J connectivity index is 1.39. The first kappa shape index (κ1) is 18.5. The highest BCUT2D eigenvalue weighted by molar-refractivity contribution is 5.92. The van der Waals surface area contributed by atoms with Gasteiger partial charge in [0.15, 0.2) is 0 Å². The first-order valence-corrected chi connectivity index (χ1v) is 10.4. The lowest BCUT2D eigenvalue weighted by molar-refractivity contribution is -0.137. The van der Waals surface area contributed by atoms with E-state index in [1.807, 2.05) is 6.07 Å². The van der Waals surface area contributed by atoms with Crippen molar-refractivity contribution in [2.45, 2.75) is 50.9 Å². The van der Waals surface area contributed by atoms with Crippen LogP contribution in [0.5, 0.6) is 0 Å². The summed E-state index contributed by atoms with van der Waals surface area (Å²) >= 11 is 0. The summed E-state index contributed by atoms with van der Waals surface area (Å²) in [6.07, 6.45) is 7.75. The summed E-state index contributed by atoms with van der Waals surface area (Å²) < 4.78 is 5.31. The molecule has 1 aromatic rings. The van der Waals surface area contributed by atoms with Crippen molar-refractivity contribution in [1.29, 1.82) is 0 Å². The van der Waals surface area contributed by atoms with E-state index < -0.39 is 0 Å². The summed E-state index contributed by atoms with van der Waals surface area (Å²) in [5.74, 6) is 0.762. The second kappa shape index (κ2) is 8.42. The quantitative estimate of drug-likeness (QED) is 0.879. The SMILES string of the molecule is O=C(c1cc(C2CCCN(C(=O)C3CCCCC3)C2)[nH]n1)N1CCOCC1. The van der Waals surface area contributed by atoms with Crippen LogP contribution in [-0.4, -0.2) is 71.2 Å². The number of likely N-dealkylation sites (tertiary alicyclic amines) is 1.